The fourth-order valence-corrected chi connectivity index (χ4v) is 2.48. The van der Waals surface area contributed by atoms with Gasteiger partial charge in [0.15, 0.2) is 0 Å². The van der Waals surface area contributed by atoms with Crippen molar-refractivity contribution in [2.75, 3.05) is 19.8 Å². The van der Waals surface area contributed by atoms with Gasteiger partial charge in [0, 0.05) is 24.4 Å². The molecular formula is C17H33N3O. The van der Waals surface area contributed by atoms with Crippen LogP contribution in [0.5, 0.6) is 0 Å². The molecule has 0 aromatic carbocycles. The third-order valence-electron chi connectivity index (χ3n) is 3.76. The molecule has 0 saturated carbocycles. The highest BCUT2D eigenvalue weighted by molar-refractivity contribution is 5.26. The lowest BCUT2D eigenvalue weighted by atomic mass is 10.1. The molecule has 0 aliphatic heterocycles. The van der Waals surface area contributed by atoms with Crippen molar-refractivity contribution in [2.45, 2.75) is 67.0 Å². The van der Waals surface area contributed by atoms with E-state index in [2.05, 4.69) is 44.6 Å². The Morgan fingerprint density at radius 3 is 2.48 bits per heavy atom. The van der Waals surface area contributed by atoms with Crippen LogP contribution in [0.25, 0.3) is 0 Å². The summed E-state index contributed by atoms with van der Waals surface area (Å²) in [6.07, 6.45) is 3.15. The Morgan fingerprint density at radius 1 is 1.14 bits per heavy atom. The van der Waals surface area contributed by atoms with Gasteiger partial charge in [-0.25, -0.2) is 0 Å². The Morgan fingerprint density at radius 2 is 1.90 bits per heavy atom. The zero-order chi connectivity index (χ0) is 15.7. The van der Waals surface area contributed by atoms with Gasteiger partial charge in [-0.15, -0.1) is 0 Å². The number of rotatable bonds is 11. The van der Waals surface area contributed by atoms with Crippen LogP contribution in [-0.4, -0.2) is 29.5 Å². The molecule has 0 fully saturated rings. The predicted octanol–water partition coefficient (Wildman–Crippen LogP) is 3.18. The Hall–Kier alpha value is -0.870. The third-order valence-corrected chi connectivity index (χ3v) is 3.76. The minimum absolute atomic E-state index is 0.708. The van der Waals surface area contributed by atoms with Gasteiger partial charge in [-0.2, -0.15) is 5.10 Å². The molecule has 1 rings (SSSR count). The molecule has 0 aliphatic rings. The summed E-state index contributed by atoms with van der Waals surface area (Å²) in [5.41, 5.74) is 3.99. The molecule has 122 valence electrons. The maximum atomic E-state index is 5.74. The lowest BCUT2D eigenvalue weighted by Crippen LogP contribution is -2.15. The zero-order valence-corrected chi connectivity index (χ0v) is 14.5. The van der Waals surface area contributed by atoms with E-state index in [-0.39, 0.29) is 0 Å². The van der Waals surface area contributed by atoms with Crippen molar-refractivity contribution in [3.8, 4) is 0 Å². The number of hydrogen-bond donors (Lipinski definition) is 1. The summed E-state index contributed by atoms with van der Waals surface area (Å²) >= 11 is 0. The minimum atomic E-state index is 0.708. The first kappa shape index (κ1) is 18.2. The lowest BCUT2D eigenvalue weighted by molar-refractivity contribution is 0.113. The van der Waals surface area contributed by atoms with Gasteiger partial charge in [0.2, 0.25) is 0 Å². The summed E-state index contributed by atoms with van der Waals surface area (Å²) in [4.78, 5) is 0. The summed E-state index contributed by atoms with van der Waals surface area (Å²) in [6, 6.07) is 0. The van der Waals surface area contributed by atoms with Crippen molar-refractivity contribution in [1.29, 1.82) is 0 Å². The quantitative estimate of drug-likeness (QED) is 0.637. The first-order valence-corrected chi connectivity index (χ1v) is 8.49. The largest absolute Gasteiger partial charge is 0.380 e. The van der Waals surface area contributed by atoms with Gasteiger partial charge < -0.3 is 10.1 Å². The van der Waals surface area contributed by atoms with Crippen molar-refractivity contribution in [1.82, 2.24) is 15.1 Å². The second-order valence-electron chi connectivity index (χ2n) is 5.88. The smallest absolute Gasteiger partial charge is 0.0669 e. The van der Waals surface area contributed by atoms with Gasteiger partial charge in [-0.05, 0) is 31.7 Å². The molecule has 1 aromatic heterocycles. The second kappa shape index (κ2) is 9.96. The molecule has 1 N–H and O–H groups in total. The summed E-state index contributed by atoms with van der Waals surface area (Å²) < 4.78 is 7.89. The highest BCUT2D eigenvalue weighted by Gasteiger charge is 2.14. The van der Waals surface area contributed by atoms with E-state index in [9.17, 15) is 0 Å². The van der Waals surface area contributed by atoms with Crippen LogP contribution in [0.3, 0.4) is 0 Å². The summed E-state index contributed by atoms with van der Waals surface area (Å²) in [5.74, 6) is 0.708. The van der Waals surface area contributed by atoms with Crippen molar-refractivity contribution in [2.24, 2.45) is 5.92 Å². The standard InChI is InChI=1S/C17H33N3O/c1-6-16-15(13-18-8-3)17(7-2)20(19-16)10-12-21-11-9-14(4)5/h14,18H,6-13H2,1-5H3. The molecule has 4 nitrogen and oxygen atoms in total. The maximum Gasteiger partial charge on any atom is 0.0669 e. The minimum Gasteiger partial charge on any atom is -0.380 e. The fourth-order valence-electron chi connectivity index (χ4n) is 2.48. The number of ether oxygens (including phenoxy) is 1. The molecule has 0 atom stereocenters. The van der Waals surface area contributed by atoms with Gasteiger partial charge in [0.25, 0.3) is 0 Å². The van der Waals surface area contributed by atoms with Gasteiger partial charge in [-0.3, -0.25) is 4.68 Å². The topological polar surface area (TPSA) is 39.1 Å². The van der Waals surface area contributed by atoms with E-state index in [1.165, 1.54) is 17.0 Å². The highest BCUT2D eigenvalue weighted by atomic mass is 16.5. The monoisotopic (exact) mass is 295 g/mol. The molecule has 0 unspecified atom stereocenters. The van der Waals surface area contributed by atoms with Crippen molar-refractivity contribution in [3.63, 3.8) is 0 Å². The van der Waals surface area contributed by atoms with E-state index in [1.54, 1.807) is 0 Å². The summed E-state index contributed by atoms with van der Waals surface area (Å²) in [5, 5.41) is 8.21. The molecule has 0 bridgehead atoms. The van der Waals surface area contributed by atoms with Gasteiger partial charge in [-0.1, -0.05) is 34.6 Å². The van der Waals surface area contributed by atoms with E-state index < -0.39 is 0 Å². The van der Waals surface area contributed by atoms with Crippen LogP contribution in [0.1, 0.15) is 58.0 Å². The zero-order valence-electron chi connectivity index (χ0n) is 14.5. The van der Waals surface area contributed by atoms with Crippen molar-refractivity contribution in [3.05, 3.63) is 17.0 Å². The van der Waals surface area contributed by atoms with Crippen molar-refractivity contribution >= 4 is 0 Å². The normalized spacial score (nSPS) is 11.5. The first-order valence-electron chi connectivity index (χ1n) is 8.49. The molecule has 0 amide bonds. The molecule has 0 aliphatic carbocycles. The van der Waals surface area contributed by atoms with Gasteiger partial charge >= 0.3 is 0 Å². The molecule has 1 heterocycles. The molecule has 0 saturated heterocycles. The van der Waals surface area contributed by atoms with Crippen LogP contribution in [0.2, 0.25) is 0 Å². The molecule has 1 aromatic rings. The van der Waals surface area contributed by atoms with Gasteiger partial charge in [0.1, 0.15) is 0 Å². The lowest BCUT2D eigenvalue weighted by Gasteiger charge is -2.10. The summed E-state index contributed by atoms with van der Waals surface area (Å²) in [6.45, 7) is 15.4. The van der Waals surface area contributed by atoms with Crippen LogP contribution >= 0.6 is 0 Å². The number of aryl methyl sites for hydroxylation is 1. The first-order chi connectivity index (χ1) is 10.1. The van der Waals surface area contributed by atoms with E-state index >= 15 is 0 Å². The Kier molecular flexibility index (Phi) is 8.62. The van der Waals surface area contributed by atoms with E-state index in [0.717, 1.165) is 52.1 Å². The molecule has 21 heavy (non-hydrogen) atoms. The average Bonchev–Trinajstić information content (AvgIpc) is 2.81. The number of hydrogen-bond acceptors (Lipinski definition) is 3. The Labute approximate surface area is 130 Å². The highest BCUT2D eigenvalue weighted by Crippen LogP contribution is 2.16. The molecule has 4 heteroatoms. The molecular weight excluding hydrogens is 262 g/mol. The van der Waals surface area contributed by atoms with Crippen LogP contribution in [0, 0.1) is 5.92 Å². The van der Waals surface area contributed by atoms with E-state index in [0.29, 0.717) is 5.92 Å². The third kappa shape index (κ3) is 5.79. The SMILES string of the molecule is CCNCc1c(CC)nn(CCOCCC(C)C)c1CC. The molecule has 0 spiro atoms. The fraction of sp³-hybridized carbons (Fsp3) is 0.824. The van der Waals surface area contributed by atoms with Crippen LogP contribution < -0.4 is 5.32 Å². The second-order valence-corrected chi connectivity index (χ2v) is 5.88. The number of aromatic nitrogens is 2. The Bertz CT molecular complexity index is 399. The van der Waals surface area contributed by atoms with Crippen molar-refractivity contribution < 1.29 is 4.74 Å². The summed E-state index contributed by atoms with van der Waals surface area (Å²) in [7, 11) is 0. The van der Waals surface area contributed by atoms with Crippen LogP contribution in [-0.2, 0) is 30.7 Å². The van der Waals surface area contributed by atoms with Crippen LogP contribution in [0.4, 0.5) is 0 Å². The Balaban J connectivity index is 2.62. The maximum absolute atomic E-state index is 5.74. The number of nitrogens with zero attached hydrogens (tertiary/aromatic N) is 2. The number of nitrogens with one attached hydrogen (secondary N) is 1. The van der Waals surface area contributed by atoms with Gasteiger partial charge in [0.05, 0.1) is 18.8 Å². The van der Waals surface area contributed by atoms with Crippen LogP contribution in [0.15, 0.2) is 0 Å². The predicted molar refractivity (Wildman–Crippen MR) is 88.6 cm³/mol. The average molecular weight is 295 g/mol. The molecule has 0 radical (unpaired) electrons. The van der Waals surface area contributed by atoms with E-state index in [4.69, 9.17) is 9.84 Å². The van der Waals surface area contributed by atoms with E-state index in [1.807, 2.05) is 0 Å².